The van der Waals surface area contributed by atoms with Gasteiger partial charge in [-0.25, -0.2) is 10.2 Å². The summed E-state index contributed by atoms with van der Waals surface area (Å²) in [6.07, 6.45) is 7.78. The van der Waals surface area contributed by atoms with E-state index in [-0.39, 0.29) is 12.0 Å². The Bertz CT molecular complexity index is 574. The Morgan fingerprint density at radius 2 is 2.00 bits per heavy atom. The summed E-state index contributed by atoms with van der Waals surface area (Å²) in [4.78, 5) is 17.4. The standard InChI is InChI=1S/C15H17N3O2/c19-15(17-20-14-8-4-5-9-14)12-10-16-18(11-12)13-6-2-1-3-7-13/h1-3,6-7,10-11,14H,4-5,8-9H2,(H,17,19). The lowest BCUT2D eigenvalue weighted by Gasteiger charge is -2.10. The van der Waals surface area contributed by atoms with Gasteiger partial charge in [0.25, 0.3) is 5.91 Å². The van der Waals surface area contributed by atoms with E-state index in [4.69, 9.17) is 4.84 Å². The molecule has 1 heterocycles. The van der Waals surface area contributed by atoms with E-state index >= 15 is 0 Å². The van der Waals surface area contributed by atoms with E-state index in [0.717, 1.165) is 18.5 Å². The summed E-state index contributed by atoms with van der Waals surface area (Å²) < 4.78 is 1.67. The molecule has 0 bridgehead atoms. The van der Waals surface area contributed by atoms with Gasteiger partial charge in [0, 0.05) is 6.20 Å². The molecule has 1 aliphatic rings. The lowest BCUT2D eigenvalue weighted by Crippen LogP contribution is -2.28. The molecule has 0 atom stereocenters. The predicted molar refractivity (Wildman–Crippen MR) is 74.4 cm³/mol. The summed E-state index contributed by atoms with van der Waals surface area (Å²) >= 11 is 0. The fourth-order valence-electron chi connectivity index (χ4n) is 2.36. The molecule has 0 radical (unpaired) electrons. The highest BCUT2D eigenvalue weighted by Crippen LogP contribution is 2.20. The molecule has 0 aliphatic heterocycles. The molecule has 0 unspecified atom stereocenters. The van der Waals surface area contributed by atoms with E-state index in [1.807, 2.05) is 30.3 Å². The molecule has 104 valence electrons. The van der Waals surface area contributed by atoms with Gasteiger partial charge in [-0.3, -0.25) is 9.63 Å². The zero-order valence-electron chi connectivity index (χ0n) is 11.2. The van der Waals surface area contributed by atoms with E-state index in [0.29, 0.717) is 5.56 Å². The number of nitrogens with zero attached hydrogens (tertiary/aromatic N) is 2. The monoisotopic (exact) mass is 271 g/mol. The molecule has 5 heteroatoms. The van der Waals surface area contributed by atoms with Crippen LogP contribution in [0.5, 0.6) is 0 Å². The molecule has 1 saturated carbocycles. The van der Waals surface area contributed by atoms with Crippen molar-refractivity contribution in [1.82, 2.24) is 15.3 Å². The van der Waals surface area contributed by atoms with Gasteiger partial charge in [0.2, 0.25) is 0 Å². The fraction of sp³-hybridized carbons (Fsp3) is 0.333. The van der Waals surface area contributed by atoms with E-state index < -0.39 is 0 Å². The molecule has 1 aromatic carbocycles. The van der Waals surface area contributed by atoms with E-state index in [1.54, 1.807) is 17.1 Å². The van der Waals surface area contributed by atoms with Crippen LogP contribution in [0.1, 0.15) is 36.0 Å². The normalized spacial score (nSPS) is 15.4. The SMILES string of the molecule is O=C(NOC1CCCC1)c1cnn(-c2ccccc2)c1. The molecular formula is C15H17N3O2. The van der Waals surface area contributed by atoms with Crippen LogP contribution >= 0.6 is 0 Å². The van der Waals surface area contributed by atoms with Crippen molar-refractivity contribution in [2.75, 3.05) is 0 Å². The van der Waals surface area contributed by atoms with Crippen molar-refractivity contribution in [3.8, 4) is 5.69 Å². The van der Waals surface area contributed by atoms with Crippen molar-refractivity contribution >= 4 is 5.91 Å². The first-order chi connectivity index (χ1) is 9.83. The molecule has 5 nitrogen and oxygen atoms in total. The number of hydrogen-bond donors (Lipinski definition) is 1. The van der Waals surface area contributed by atoms with Crippen LogP contribution in [0.3, 0.4) is 0 Å². The smallest absolute Gasteiger partial charge is 0.270 e. The lowest BCUT2D eigenvalue weighted by molar-refractivity contribution is -0.0124. The van der Waals surface area contributed by atoms with Crippen LogP contribution < -0.4 is 5.48 Å². The number of hydrogen-bond acceptors (Lipinski definition) is 3. The van der Waals surface area contributed by atoms with Crippen molar-refractivity contribution in [2.24, 2.45) is 0 Å². The summed E-state index contributed by atoms with van der Waals surface area (Å²) in [7, 11) is 0. The van der Waals surface area contributed by atoms with Gasteiger partial charge in [-0.1, -0.05) is 31.0 Å². The van der Waals surface area contributed by atoms with Gasteiger partial charge in [-0.15, -0.1) is 0 Å². The molecule has 1 fully saturated rings. The van der Waals surface area contributed by atoms with Gasteiger partial charge in [0.05, 0.1) is 23.6 Å². The van der Waals surface area contributed by atoms with E-state index in [9.17, 15) is 4.79 Å². The first kappa shape index (κ1) is 12.9. The molecule has 0 saturated heterocycles. The van der Waals surface area contributed by atoms with Crippen LogP contribution in [-0.2, 0) is 4.84 Å². The van der Waals surface area contributed by atoms with Crippen LogP contribution in [0.15, 0.2) is 42.7 Å². The number of aromatic nitrogens is 2. The van der Waals surface area contributed by atoms with Gasteiger partial charge in [0.1, 0.15) is 0 Å². The Kier molecular flexibility index (Phi) is 3.78. The van der Waals surface area contributed by atoms with Crippen LogP contribution in [-0.4, -0.2) is 21.8 Å². The van der Waals surface area contributed by atoms with Gasteiger partial charge in [-0.05, 0) is 25.0 Å². The minimum absolute atomic E-state index is 0.156. The Hall–Kier alpha value is -2.14. The Labute approximate surface area is 117 Å². The summed E-state index contributed by atoms with van der Waals surface area (Å²) in [5.41, 5.74) is 3.93. The summed E-state index contributed by atoms with van der Waals surface area (Å²) in [6.45, 7) is 0. The molecule has 1 amide bonds. The molecule has 2 aromatic rings. The maximum absolute atomic E-state index is 12.0. The van der Waals surface area contributed by atoms with Gasteiger partial charge < -0.3 is 0 Å². The van der Waals surface area contributed by atoms with E-state index in [1.165, 1.54) is 12.8 Å². The zero-order valence-corrected chi connectivity index (χ0v) is 11.2. The van der Waals surface area contributed by atoms with Gasteiger partial charge in [0.15, 0.2) is 0 Å². The van der Waals surface area contributed by atoms with Crippen LogP contribution in [0, 0.1) is 0 Å². The molecule has 0 spiro atoms. The number of rotatable bonds is 4. The minimum Gasteiger partial charge on any atom is -0.270 e. The summed E-state index contributed by atoms with van der Waals surface area (Å²) in [5.74, 6) is -0.251. The van der Waals surface area contributed by atoms with Crippen molar-refractivity contribution in [2.45, 2.75) is 31.8 Å². The second-order valence-corrected chi connectivity index (χ2v) is 4.96. The maximum Gasteiger partial charge on any atom is 0.278 e. The number of benzene rings is 1. The maximum atomic E-state index is 12.0. The molecule has 3 rings (SSSR count). The quantitative estimate of drug-likeness (QED) is 0.869. The molecule has 1 N–H and O–H groups in total. The molecular weight excluding hydrogens is 254 g/mol. The van der Waals surface area contributed by atoms with Gasteiger partial charge >= 0.3 is 0 Å². The summed E-state index contributed by atoms with van der Waals surface area (Å²) in [5, 5.41) is 4.19. The molecule has 1 aliphatic carbocycles. The van der Waals surface area contributed by atoms with Gasteiger partial charge in [-0.2, -0.15) is 5.10 Å². The third kappa shape index (κ3) is 2.88. The topological polar surface area (TPSA) is 56.1 Å². The molecule has 20 heavy (non-hydrogen) atoms. The lowest BCUT2D eigenvalue weighted by atomic mass is 10.3. The number of carbonyl (C=O) groups excluding carboxylic acids is 1. The molecule has 1 aromatic heterocycles. The number of hydroxylamine groups is 1. The van der Waals surface area contributed by atoms with E-state index in [2.05, 4.69) is 10.6 Å². The van der Waals surface area contributed by atoms with Crippen LogP contribution in [0.2, 0.25) is 0 Å². The highest BCUT2D eigenvalue weighted by molar-refractivity contribution is 5.93. The Morgan fingerprint density at radius 3 is 2.75 bits per heavy atom. The first-order valence-electron chi connectivity index (χ1n) is 6.89. The minimum atomic E-state index is -0.251. The van der Waals surface area contributed by atoms with Crippen LogP contribution in [0.25, 0.3) is 5.69 Å². The third-order valence-corrected chi connectivity index (χ3v) is 3.49. The number of nitrogens with one attached hydrogen (secondary N) is 1. The second kappa shape index (κ2) is 5.88. The first-order valence-corrected chi connectivity index (χ1v) is 6.89. The second-order valence-electron chi connectivity index (χ2n) is 4.96. The largest absolute Gasteiger partial charge is 0.278 e. The average Bonchev–Trinajstić information content (AvgIpc) is 3.17. The highest BCUT2D eigenvalue weighted by atomic mass is 16.7. The predicted octanol–water partition coefficient (Wildman–Crippen LogP) is 2.48. The van der Waals surface area contributed by atoms with Crippen LogP contribution in [0.4, 0.5) is 0 Å². The number of para-hydroxylation sites is 1. The zero-order chi connectivity index (χ0) is 13.8. The van der Waals surface area contributed by atoms with Crippen molar-refractivity contribution in [3.63, 3.8) is 0 Å². The third-order valence-electron chi connectivity index (χ3n) is 3.49. The Balaban J connectivity index is 1.62. The van der Waals surface area contributed by atoms with Crippen molar-refractivity contribution in [3.05, 3.63) is 48.3 Å². The summed E-state index contributed by atoms with van der Waals surface area (Å²) in [6, 6.07) is 9.67. The van der Waals surface area contributed by atoms with Crippen molar-refractivity contribution < 1.29 is 9.63 Å². The highest BCUT2D eigenvalue weighted by Gasteiger charge is 2.17. The van der Waals surface area contributed by atoms with Crippen molar-refractivity contribution in [1.29, 1.82) is 0 Å². The average molecular weight is 271 g/mol. The fourth-order valence-corrected chi connectivity index (χ4v) is 2.36. The number of amides is 1. The number of carbonyl (C=O) groups is 1. The Morgan fingerprint density at radius 1 is 1.25 bits per heavy atom.